The number of fused-ring (bicyclic) bond motifs is 1. The Kier molecular flexibility index (Phi) is 8.25. The summed E-state index contributed by atoms with van der Waals surface area (Å²) in [7, 11) is 1.29. The van der Waals surface area contributed by atoms with Gasteiger partial charge in [0.2, 0.25) is 0 Å². The van der Waals surface area contributed by atoms with Gasteiger partial charge in [-0.15, -0.1) is 11.3 Å². The van der Waals surface area contributed by atoms with Gasteiger partial charge in [-0.1, -0.05) is 23.7 Å². The number of halogens is 2. The highest BCUT2D eigenvalue weighted by atomic mass is 35.5. The van der Waals surface area contributed by atoms with Crippen molar-refractivity contribution in [1.82, 2.24) is 20.1 Å². The molecule has 10 nitrogen and oxygen atoms in total. The molecule has 3 aliphatic heterocycles. The van der Waals surface area contributed by atoms with Gasteiger partial charge < -0.3 is 19.9 Å². The molecule has 1 aromatic carbocycles. The molecule has 214 valence electrons. The fourth-order valence-corrected chi connectivity index (χ4v) is 6.28. The molecule has 1 aromatic heterocycles. The van der Waals surface area contributed by atoms with E-state index in [-0.39, 0.29) is 22.7 Å². The normalized spacial score (nSPS) is 23.9. The number of ether oxygens (including phenoxy) is 2. The minimum Gasteiger partial charge on any atom is -0.481 e. The van der Waals surface area contributed by atoms with Gasteiger partial charge in [0.05, 0.1) is 41.9 Å². The number of hydrogen-bond acceptors (Lipinski definition) is 10. The zero-order valence-corrected chi connectivity index (χ0v) is 24.0. The molecule has 2 fully saturated rings. The number of carboxylic acids is 1. The molecule has 3 aliphatic rings. The van der Waals surface area contributed by atoms with E-state index in [1.54, 1.807) is 26.1 Å². The Hall–Kier alpha value is -2.90. The van der Waals surface area contributed by atoms with Gasteiger partial charge in [-0.3, -0.25) is 19.6 Å². The van der Waals surface area contributed by atoms with Crippen LogP contribution in [-0.2, 0) is 19.1 Å². The zero-order valence-electron chi connectivity index (χ0n) is 22.4. The lowest BCUT2D eigenvalue weighted by Gasteiger charge is -2.38. The second-order valence-electron chi connectivity index (χ2n) is 10.7. The maximum Gasteiger partial charge on any atom is 0.338 e. The molecule has 0 aliphatic carbocycles. The lowest BCUT2D eigenvalue weighted by atomic mass is 9.93. The summed E-state index contributed by atoms with van der Waals surface area (Å²) in [5.41, 5.74) is 0.237. The molecule has 2 saturated heterocycles. The Balaban J connectivity index is 1.50. The maximum absolute atomic E-state index is 14.5. The Bertz CT molecular complexity index is 1350. The van der Waals surface area contributed by atoms with E-state index in [0.717, 1.165) is 0 Å². The van der Waals surface area contributed by atoms with E-state index in [4.69, 9.17) is 26.1 Å². The van der Waals surface area contributed by atoms with Gasteiger partial charge in [0.1, 0.15) is 11.9 Å². The van der Waals surface area contributed by atoms with E-state index in [2.05, 4.69) is 20.1 Å². The van der Waals surface area contributed by atoms with Crippen LogP contribution in [0.2, 0.25) is 5.02 Å². The summed E-state index contributed by atoms with van der Waals surface area (Å²) in [5, 5.41) is 15.2. The van der Waals surface area contributed by atoms with Crippen molar-refractivity contribution in [1.29, 1.82) is 0 Å². The van der Waals surface area contributed by atoms with Gasteiger partial charge in [0.25, 0.3) is 0 Å². The van der Waals surface area contributed by atoms with Gasteiger partial charge in [-0.2, -0.15) is 0 Å². The van der Waals surface area contributed by atoms with Crippen LogP contribution in [0.15, 0.2) is 46.0 Å². The topological polar surface area (TPSA) is 117 Å². The highest BCUT2D eigenvalue weighted by Crippen LogP contribution is 2.38. The number of aliphatic imine (C=N–C) groups is 1. The van der Waals surface area contributed by atoms with Crippen molar-refractivity contribution in [2.75, 3.05) is 46.4 Å². The van der Waals surface area contributed by atoms with Gasteiger partial charge >= 0.3 is 11.9 Å². The first kappa shape index (κ1) is 28.6. The van der Waals surface area contributed by atoms with Crippen molar-refractivity contribution in [3.8, 4) is 0 Å². The van der Waals surface area contributed by atoms with Gasteiger partial charge in [-0.05, 0) is 19.9 Å². The number of amidine groups is 1. The van der Waals surface area contributed by atoms with Crippen LogP contribution < -0.4 is 5.32 Å². The van der Waals surface area contributed by atoms with E-state index >= 15 is 0 Å². The molecule has 40 heavy (non-hydrogen) atoms. The number of carboxylic acid groups (broad SMARTS) is 1. The third-order valence-corrected chi connectivity index (χ3v) is 8.67. The Morgan fingerprint density at radius 3 is 2.85 bits per heavy atom. The zero-order chi connectivity index (χ0) is 28.6. The molecule has 4 heterocycles. The first-order valence-electron chi connectivity index (χ1n) is 12.9. The molecule has 0 unspecified atom stereocenters. The largest absolute Gasteiger partial charge is 0.481 e. The number of aliphatic carboxylic acids is 1. The van der Waals surface area contributed by atoms with Gasteiger partial charge in [0.15, 0.2) is 10.8 Å². The van der Waals surface area contributed by atoms with Crippen LogP contribution in [0.1, 0.15) is 30.5 Å². The van der Waals surface area contributed by atoms with Crippen LogP contribution >= 0.6 is 22.9 Å². The van der Waals surface area contributed by atoms with Crippen LogP contribution in [0.4, 0.5) is 4.39 Å². The standard InChI is InChI=1S/C27H31ClFN5O5S/c1-27(2,26(36)37)14-33-12-18-19(13-33)39-9-8-34(18)11-17-20(25(35)38-3)22(15-5-4-6-16(29)21(15)28)32-23(31-17)24-30-7-10-40-24/h4-7,10,18-19,22H,8-9,11-14H2,1-3H3,(H,31,32)(H,36,37)/t18-,19+,22+/m1/s1. The van der Waals surface area contributed by atoms with Crippen molar-refractivity contribution in [2.45, 2.75) is 32.0 Å². The second-order valence-corrected chi connectivity index (χ2v) is 12.0. The predicted octanol–water partition coefficient (Wildman–Crippen LogP) is 2.95. The Labute approximate surface area is 240 Å². The molecule has 0 amide bonds. The van der Waals surface area contributed by atoms with Crippen LogP contribution in [0.25, 0.3) is 0 Å². The lowest BCUT2D eigenvalue weighted by molar-refractivity contribution is -0.148. The first-order valence-corrected chi connectivity index (χ1v) is 14.2. The number of aromatic nitrogens is 1. The minimum absolute atomic E-state index is 0.0232. The predicted molar refractivity (Wildman–Crippen MR) is 148 cm³/mol. The van der Waals surface area contributed by atoms with Crippen LogP contribution in [0.5, 0.6) is 0 Å². The minimum atomic E-state index is -0.918. The number of methoxy groups -OCH3 is 1. The monoisotopic (exact) mass is 591 g/mol. The molecular weight excluding hydrogens is 561 g/mol. The molecule has 0 radical (unpaired) electrons. The summed E-state index contributed by atoms with van der Waals surface area (Å²) in [6.45, 7) is 6.48. The lowest BCUT2D eigenvalue weighted by Crippen LogP contribution is -2.53. The smallest absolute Gasteiger partial charge is 0.338 e. The van der Waals surface area contributed by atoms with Crippen LogP contribution in [0, 0.1) is 11.2 Å². The SMILES string of the molecule is COC(=O)C1=C(CN2CCO[C@H]3CN(CC(C)(C)C(=O)O)C[C@H]32)NC(c2nccs2)=N[C@H]1c1cccc(F)c1Cl. The number of nitrogens with zero attached hydrogens (tertiary/aromatic N) is 4. The fraction of sp³-hybridized carbons (Fsp3) is 0.481. The molecule has 2 N–H and O–H groups in total. The summed E-state index contributed by atoms with van der Waals surface area (Å²) in [6, 6.07) is 3.49. The Morgan fingerprint density at radius 1 is 1.35 bits per heavy atom. The first-order chi connectivity index (χ1) is 19.1. The molecule has 0 spiro atoms. The molecule has 0 bridgehead atoms. The number of nitrogens with one attached hydrogen (secondary N) is 1. The summed E-state index contributed by atoms with van der Waals surface area (Å²) in [5.74, 6) is -1.61. The van der Waals surface area contributed by atoms with E-state index < -0.39 is 29.2 Å². The average Bonchev–Trinajstić information content (AvgIpc) is 3.60. The molecule has 13 heteroatoms. The second kappa shape index (κ2) is 11.5. The summed E-state index contributed by atoms with van der Waals surface area (Å²) in [4.78, 5) is 38.5. The fourth-order valence-electron chi connectivity index (χ4n) is 5.47. The van der Waals surface area contributed by atoms with Crippen LogP contribution in [0.3, 0.4) is 0 Å². The maximum atomic E-state index is 14.5. The molecule has 5 rings (SSSR count). The molecule has 2 aromatic rings. The number of likely N-dealkylation sites (tertiary alicyclic amines) is 1. The third-order valence-electron chi connectivity index (χ3n) is 7.49. The summed E-state index contributed by atoms with van der Waals surface area (Å²) in [6.07, 6.45) is 1.55. The quantitative estimate of drug-likeness (QED) is 0.447. The number of esters is 1. The van der Waals surface area contributed by atoms with Crippen molar-refractivity contribution in [2.24, 2.45) is 10.4 Å². The number of carbonyl (C=O) groups excluding carboxylic acids is 1. The summed E-state index contributed by atoms with van der Waals surface area (Å²) >= 11 is 7.77. The summed E-state index contributed by atoms with van der Waals surface area (Å²) < 4.78 is 25.8. The number of morpholine rings is 1. The number of thiazole rings is 1. The molecule has 0 saturated carbocycles. The molecule has 3 atom stereocenters. The highest BCUT2D eigenvalue weighted by Gasteiger charge is 2.44. The third kappa shape index (κ3) is 5.64. The Morgan fingerprint density at radius 2 is 2.15 bits per heavy atom. The van der Waals surface area contributed by atoms with Crippen molar-refractivity contribution >= 4 is 40.7 Å². The number of carbonyl (C=O) groups is 2. The van der Waals surface area contributed by atoms with Crippen molar-refractivity contribution < 1.29 is 28.6 Å². The van der Waals surface area contributed by atoms with E-state index in [0.29, 0.717) is 61.4 Å². The molecular formula is C27H31ClFN5O5S. The van der Waals surface area contributed by atoms with E-state index in [9.17, 15) is 19.1 Å². The van der Waals surface area contributed by atoms with E-state index in [1.165, 1.54) is 30.6 Å². The van der Waals surface area contributed by atoms with Crippen molar-refractivity contribution in [3.05, 3.63) is 62.5 Å². The van der Waals surface area contributed by atoms with Gasteiger partial charge in [0, 0.05) is 55.6 Å². The average molecular weight is 592 g/mol. The van der Waals surface area contributed by atoms with Gasteiger partial charge in [-0.25, -0.2) is 14.2 Å². The van der Waals surface area contributed by atoms with E-state index in [1.807, 2.05) is 5.38 Å². The number of benzene rings is 1. The number of rotatable bonds is 8. The number of hydrogen-bond donors (Lipinski definition) is 2. The van der Waals surface area contributed by atoms with Crippen molar-refractivity contribution in [3.63, 3.8) is 0 Å². The van der Waals surface area contributed by atoms with Crippen LogP contribution in [-0.4, -0.2) is 96.3 Å². The highest BCUT2D eigenvalue weighted by molar-refractivity contribution is 7.11.